The summed E-state index contributed by atoms with van der Waals surface area (Å²) in [6.45, 7) is 2.14. The summed E-state index contributed by atoms with van der Waals surface area (Å²) in [6, 6.07) is 14.4. The molecule has 37 heavy (non-hydrogen) atoms. The van der Waals surface area contributed by atoms with Gasteiger partial charge in [0, 0.05) is 37.2 Å². The molecular formula is C28H34ClN3O5. The first-order valence-electron chi connectivity index (χ1n) is 12.9. The van der Waals surface area contributed by atoms with Crippen LogP contribution in [0.1, 0.15) is 41.6 Å². The Morgan fingerprint density at radius 1 is 1.05 bits per heavy atom. The van der Waals surface area contributed by atoms with Crippen molar-refractivity contribution in [2.45, 2.75) is 38.1 Å². The molecule has 2 aromatic rings. The first kappa shape index (κ1) is 26.9. The van der Waals surface area contributed by atoms with E-state index >= 15 is 0 Å². The summed E-state index contributed by atoms with van der Waals surface area (Å²) in [4.78, 5) is 41.0. The minimum absolute atomic E-state index is 0.00953. The number of ether oxygens (including phenoxy) is 2. The van der Waals surface area contributed by atoms with Gasteiger partial charge in [-0.1, -0.05) is 41.9 Å². The smallest absolute Gasteiger partial charge is 0.255 e. The fraction of sp³-hybridized carbons (Fsp3) is 0.464. The number of rotatable bonds is 3. The third kappa shape index (κ3) is 7.94. The summed E-state index contributed by atoms with van der Waals surface area (Å²) in [7, 11) is 0. The summed E-state index contributed by atoms with van der Waals surface area (Å²) in [5, 5.41) is 6.43. The highest BCUT2D eigenvalue weighted by atomic mass is 35.5. The van der Waals surface area contributed by atoms with Crippen LogP contribution >= 0.6 is 11.6 Å². The molecule has 2 aliphatic heterocycles. The summed E-state index contributed by atoms with van der Waals surface area (Å²) in [6.07, 6.45) is 3.19. The lowest BCUT2D eigenvalue weighted by atomic mass is 9.98. The first-order chi connectivity index (χ1) is 18.0. The van der Waals surface area contributed by atoms with Crippen molar-refractivity contribution in [2.24, 2.45) is 5.92 Å². The number of amides is 3. The lowest BCUT2D eigenvalue weighted by Crippen LogP contribution is -2.48. The van der Waals surface area contributed by atoms with Crippen molar-refractivity contribution >= 4 is 29.3 Å². The highest BCUT2D eigenvalue weighted by molar-refractivity contribution is 6.31. The van der Waals surface area contributed by atoms with Gasteiger partial charge in [-0.05, 0) is 55.9 Å². The van der Waals surface area contributed by atoms with Crippen LogP contribution in [-0.2, 0) is 20.7 Å². The van der Waals surface area contributed by atoms with E-state index in [1.54, 1.807) is 23.1 Å². The van der Waals surface area contributed by atoms with E-state index in [1.165, 1.54) is 0 Å². The zero-order valence-electron chi connectivity index (χ0n) is 20.9. The standard InChI is InChI=1S/C28H34ClN3O5/c29-22-8-9-25-24(17-22)27(34)30-12-4-5-13-32(28(35)21-10-14-36-15-11-21)18-26(33)31-23(19-37-25)16-20-6-2-1-3-7-20/h1-3,6-9,17,21,23H,4-5,10-16,18-19H2,(H,30,34)(H,31,33)/t23-/m0/s1. The summed E-state index contributed by atoms with van der Waals surface area (Å²) in [5.74, 6) is -0.243. The number of fused-ring (bicyclic) bond motifs is 1. The molecule has 0 radical (unpaired) electrons. The average Bonchev–Trinajstić information content (AvgIpc) is 2.91. The van der Waals surface area contributed by atoms with Crippen LogP contribution in [0, 0.1) is 5.92 Å². The van der Waals surface area contributed by atoms with E-state index in [4.69, 9.17) is 21.1 Å². The molecule has 0 aromatic heterocycles. The summed E-state index contributed by atoms with van der Waals surface area (Å²) >= 11 is 6.16. The van der Waals surface area contributed by atoms with Gasteiger partial charge in [0.25, 0.3) is 5.91 Å². The highest BCUT2D eigenvalue weighted by Crippen LogP contribution is 2.24. The van der Waals surface area contributed by atoms with Gasteiger partial charge in [-0.25, -0.2) is 0 Å². The van der Waals surface area contributed by atoms with Crippen molar-refractivity contribution in [1.29, 1.82) is 0 Å². The van der Waals surface area contributed by atoms with Crippen LogP contribution in [0.4, 0.5) is 0 Å². The van der Waals surface area contributed by atoms with E-state index in [1.807, 2.05) is 30.3 Å². The Hall–Kier alpha value is -3.10. The van der Waals surface area contributed by atoms with Crippen LogP contribution in [0.2, 0.25) is 5.02 Å². The van der Waals surface area contributed by atoms with E-state index in [0.717, 1.165) is 5.56 Å². The Bertz CT molecular complexity index is 1070. The predicted molar refractivity (Wildman–Crippen MR) is 141 cm³/mol. The molecule has 4 rings (SSSR count). The highest BCUT2D eigenvalue weighted by Gasteiger charge is 2.28. The molecule has 198 valence electrons. The van der Waals surface area contributed by atoms with Crippen molar-refractivity contribution < 1.29 is 23.9 Å². The number of nitrogens with one attached hydrogen (secondary N) is 2. The Kier molecular flexibility index (Phi) is 9.79. The van der Waals surface area contributed by atoms with Crippen molar-refractivity contribution in [2.75, 3.05) is 39.5 Å². The van der Waals surface area contributed by atoms with Gasteiger partial charge in [0.15, 0.2) is 0 Å². The Labute approximate surface area is 222 Å². The lowest BCUT2D eigenvalue weighted by Gasteiger charge is -2.30. The molecule has 1 fully saturated rings. The number of halogens is 1. The zero-order chi connectivity index (χ0) is 26.0. The number of carbonyl (C=O) groups excluding carboxylic acids is 3. The van der Waals surface area contributed by atoms with Crippen LogP contribution in [0.5, 0.6) is 5.75 Å². The molecule has 1 saturated heterocycles. The normalized spacial score (nSPS) is 20.5. The van der Waals surface area contributed by atoms with Crippen LogP contribution in [0.25, 0.3) is 0 Å². The number of hydrogen-bond donors (Lipinski definition) is 2. The SMILES string of the molecule is O=C1CN(C(=O)C2CCOCC2)CCCCNC(=O)c2cc(Cl)ccc2OC[C@H](Cc2ccccc2)N1. The van der Waals surface area contributed by atoms with Crippen LogP contribution in [-0.4, -0.2) is 68.1 Å². The van der Waals surface area contributed by atoms with Gasteiger partial charge in [0.2, 0.25) is 11.8 Å². The molecule has 2 heterocycles. The van der Waals surface area contributed by atoms with Crippen LogP contribution in [0.15, 0.2) is 48.5 Å². The van der Waals surface area contributed by atoms with Gasteiger partial charge < -0.3 is 25.0 Å². The van der Waals surface area contributed by atoms with E-state index < -0.39 is 0 Å². The average molecular weight is 528 g/mol. The van der Waals surface area contributed by atoms with Gasteiger partial charge >= 0.3 is 0 Å². The third-order valence-electron chi connectivity index (χ3n) is 6.67. The monoisotopic (exact) mass is 527 g/mol. The first-order valence-corrected chi connectivity index (χ1v) is 13.3. The fourth-order valence-electron chi connectivity index (χ4n) is 4.69. The maximum absolute atomic E-state index is 13.3. The molecule has 1 atom stereocenters. The maximum Gasteiger partial charge on any atom is 0.255 e. The van der Waals surface area contributed by atoms with Crippen LogP contribution in [0.3, 0.4) is 0 Å². The Morgan fingerprint density at radius 3 is 2.62 bits per heavy atom. The fourth-order valence-corrected chi connectivity index (χ4v) is 4.86. The van der Waals surface area contributed by atoms with Gasteiger partial charge in [-0.15, -0.1) is 0 Å². The molecule has 8 nitrogen and oxygen atoms in total. The van der Waals surface area contributed by atoms with E-state index in [-0.39, 0.29) is 42.8 Å². The molecule has 9 heteroatoms. The molecule has 0 aliphatic carbocycles. The number of nitrogens with zero attached hydrogens (tertiary/aromatic N) is 1. The molecule has 0 bridgehead atoms. The third-order valence-corrected chi connectivity index (χ3v) is 6.91. The summed E-state index contributed by atoms with van der Waals surface area (Å²) < 4.78 is 11.5. The number of carbonyl (C=O) groups is 3. The second-order valence-corrected chi connectivity index (χ2v) is 9.95. The van der Waals surface area contributed by atoms with E-state index in [2.05, 4.69) is 10.6 Å². The second-order valence-electron chi connectivity index (χ2n) is 9.52. The van der Waals surface area contributed by atoms with Crippen LogP contribution < -0.4 is 15.4 Å². The molecule has 3 amide bonds. The van der Waals surface area contributed by atoms with E-state index in [0.29, 0.717) is 74.7 Å². The van der Waals surface area contributed by atoms with Gasteiger partial charge in [-0.2, -0.15) is 0 Å². The molecule has 0 unspecified atom stereocenters. The topological polar surface area (TPSA) is 97.0 Å². The summed E-state index contributed by atoms with van der Waals surface area (Å²) in [5.41, 5.74) is 1.39. The molecule has 2 aliphatic rings. The quantitative estimate of drug-likeness (QED) is 0.639. The molecule has 2 N–H and O–H groups in total. The second kappa shape index (κ2) is 13.4. The zero-order valence-corrected chi connectivity index (χ0v) is 21.7. The molecule has 0 saturated carbocycles. The predicted octanol–water partition coefficient (Wildman–Crippen LogP) is 3.23. The van der Waals surface area contributed by atoms with Crippen molar-refractivity contribution in [3.63, 3.8) is 0 Å². The lowest BCUT2D eigenvalue weighted by molar-refractivity contribution is -0.142. The minimum atomic E-state index is -0.369. The van der Waals surface area contributed by atoms with Gasteiger partial charge in [0.1, 0.15) is 12.4 Å². The van der Waals surface area contributed by atoms with Crippen molar-refractivity contribution in [3.8, 4) is 5.75 Å². The molecular weight excluding hydrogens is 494 g/mol. The number of hydrogen-bond acceptors (Lipinski definition) is 5. The minimum Gasteiger partial charge on any atom is -0.491 e. The number of benzene rings is 2. The van der Waals surface area contributed by atoms with Crippen molar-refractivity contribution in [1.82, 2.24) is 15.5 Å². The van der Waals surface area contributed by atoms with E-state index in [9.17, 15) is 14.4 Å². The largest absolute Gasteiger partial charge is 0.491 e. The van der Waals surface area contributed by atoms with Crippen molar-refractivity contribution in [3.05, 3.63) is 64.7 Å². The molecule has 0 spiro atoms. The van der Waals surface area contributed by atoms with Gasteiger partial charge in [0.05, 0.1) is 18.2 Å². The Morgan fingerprint density at radius 2 is 1.84 bits per heavy atom. The maximum atomic E-state index is 13.3. The van der Waals surface area contributed by atoms with Gasteiger partial charge in [-0.3, -0.25) is 14.4 Å². The Balaban J connectivity index is 1.55. The molecule has 2 aromatic carbocycles.